The summed E-state index contributed by atoms with van der Waals surface area (Å²) in [5.74, 6) is -0.660. The molecule has 1 heterocycles. The molecule has 10 nitrogen and oxygen atoms in total. The quantitative estimate of drug-likeness (QED) is 0.238. The Morgan fingerprint density at radius 3 is 1.94 bits per heavy atom. The molecule has 0 aromatic heterocycles. The summed E-state index contributed by atoms with van der Waals surface area (Å²) in [5.41, 5.74) is 0. The van der Waals surface area contributed by atoms with Crippen molar-refractivity contribution in [3.63, 3.8) is 0 Å². The summed E-state index contributed by atoms with van der Waals surface area (Å²) < 4.78 is 32.6. The first kappa shape index (κ1) is 27.2. The van der Waals surface area contributed by atoms with Gasteiger partial charge in [-0.2, -0.15) is 11.8 Å². The topological polar surface area (TPSA) is 124 Å². The maximum absolute atomic E-state index is 11.7. The lowest BCUT2D eigenvalue weighted by Gasteiger charge is -2.44. The van der Waals surface area contributed by atoms with E-state index < -0.39 is 54.6 Å². The van der Waals surface area contributed by atoms with Gasteiger partial charge in [-0.1, -0.05) is 6.92 Å². The summed E-state index contributed by atoms with van der Waals surface area (Å²) in [5, 5.41) is 0. The van der Waals surface area contributed by atoms with Crippen molar-refractivity contribution < 1.29 is 47.6 Å². The molecule has 11 heteroatoms. The van der Waals surface area contributed by atoms with E-state index in [1.54, 1.807) is 11.8 Å². The van der Waals surface area contributed by atoms with Crippen LogP contribution in [0, 0.1) is 0 Å². The number of ether oxygens (including phenoxy) is 6. The van der Waals surface area contributed by atoms with Crippen LogP contribution in [-0.2, 0) is 47.6 Å². The number of carbonyl (C=O) groups excluding carboxylic acids is 4. The van der Waals surface area contributed by atoms with Gasteiger partial charge in [0, 0.05) is 27.7 Å². The Morgan fingerprint density at radius 1 is 0.806 bits per heavy atom. The SMILES string of the molecule is CCCSCCCO[C@@H]1O[C@H](COC(C)=O)[C@H](OC(C)=O)[C@H](OC(C)=O)[C@H]1OC(C)=O. The van der Waals surface area contributed by atoms with Gasteiger partial charge in [-0.15, -0.1) is 0 Å². The van der Waals surface area contributed by atoms with Crippen molar-refractivity contribution in [2.75, 3.05) is 24.7 Å². The third-order valence-electron chi connectivity index (χ3n) is 4.01. The van der Waals surface area contributed by atoms with E-state index in [0.717, 1.165) is 24.3 Å². The van der Waals surface area contributed by atoms with Gasteiger partial charge in [-0.05, 0) is 24.3 Å². The number of esters is 4. The molecular formula is C20H32O10S. The standard InChI is InChI=1S/C20H32O10S/c1-6-9-31-10-7-8-25-20-19(29-15(5)24)18(28-14(4)23)17(27-13(3)22)16(30-20)11-26-12(2)21/h16-20H,6-11H2,1-5H3/t16-,17+,18+,19-,20-/m1/s1. The van der Waals surface area contributed by atoms with Gasteiger partial charge in [-0.3, -0.25) is 19.2 Å². The Bertz CT molecular complexity index is 611. The summed E-state index contributed by atoms with van der Waals surface area (Å²) in [4.78, 5) is 46.4. The second-order valence-electron chi connectivity index (χ2n) is 6.90. The van der Waals surface area contributed by atoms with Crippen LogP contribution in [0.2, 0.25) is 0 Å². The smallest absolute Gasteiger partial charge is 0.303 e. The monoisotopic (exact) mass is 464 g/mol. The van der Waals surface area contributed by atoms with Crippen LogP contribution in [0.5, 0.6) is 0 Å². The molecule has 0 unspecified atom stereocenters. The predicted octanol–water partition coefficient (Wildman–Crippen LogP) is 1.62. The van der Waals surface area contributed by atoms with E-state index in [1.165, 1.54) is 27.7 Å². The second-order valence-corrected chi connectivity index (χ2v) is 8.13. The molecule has 1 saturated heterocycles. The number of rotatable bonds is 12. The number of carbonyl (C=O) groups is 4. The second kappa shape index (κ2) is 14.3. The Labute approximate surface area is 186 Å². The normalized spacial score (nSPS) is 25.4. The van der Waals surface area contributed by atoms with E-state index in [2.05, 4.69) is 6.92 Å². The van der Waals surface area contributed by atoms with E-state index in [1.807, 2.05) is 0 Å². The van der Waals surface area contributed by atoms with Crippen molar-refractivity contribution in [1.82, 2.24) is 0 Å². The number of hydrogen-bond donors (Lipinski definition) is 0. The van der Waals surface area contributed by atoms with E-state index in [-0.39, 0.29) is 6.61 Å². The van der Waals surface area contributed by atoms with Crippen LogP contribution >= 0.6 is 11.8 Å². The van der Waals surface area contributed by atoms with E-state index >= 15 is 0 Å². The van der Waals surface area contributed by atoms with E-state index in [9.17, 15) is 19.2 Å². The van der Waals surface area contributed by atoms with Crippen LogP contribution in [0.3, 0.4) is 0 Å². The van der Waals surface area contributed by atoms with E-state index in [4.69, 9.17) is 28.4 Å². The molecule has 1 aliphatic heterocycles. The van der Waals surface area contributed by atoms with Gasteiger partial charge >= 0.3 is 23.9 Å². The van der Waals surface area contributed by atoms with Gasteiger partial charge in [0.15, 0.2) is 24.6 Å². The first-order chi connectivity index (χ1) is 14.6. The molecule has 0 spiro atoms. The van der Waals surface area contributed by atoms with Crippen molar-refractivity contribution in [2.45, 2.75) is 78.2 Å². The summed E-state index contributed by atoms with van der Waals surface area (Å²) in [6.45, 7) is 6.87. The molecule has 0 saturated carbocycles. The zero-order valence-corrected chi connectivity index (χ0v) is 19.4. The third-order valence-corrected chi connectivity index (χ3v) is 5.29. The minimum atomic E-state index is -1.21. The maximum atomic E-state index is 11.7. The van der Waals surface area contributed by atoms with Crippen molar-refractivity contribution >= 4 is 35.6 Å². The Balaban J connectivity index is 3.07. The summed E-state index contributed by atoms with van der Waals surface area (Å²) >= 11 is 1.79. The van der Waals surface area contributed by atoms with Crippen LogP contribution in [0.4, 0.5) is 0 Å². The molecule has 0 N–H and O–H groups in total. The Kier molecular flexibility index (Phi) is 12.5. The molecule has 0 aromatic rings. The van der Waals surface area contributed by atoms with Crippen molar-refractivity contribution in [3.05, 3.63) is 0 Å². The van der Waals surface area contributed by atoms with Gasteiger partial charge in [-0.25, -0.2) is 0 Å². The average molecular weight is 465 g/mol. The fourth-order valence-corrected chi connectivity index (χ4v) is 3.74. The zero-order chi connectivity index (χ0) is 23.4. The summed E-state index contributed by atoms with van der Waals surface area (Å²) in [7, 11) is 0. The van der Waals surface area contributed by atoms with Crippen LogP contribution in [0.25, 0.3) is 0 Å². The molecule has 5 atom stereocenters. The van der Waals surface area contributed by atoms with Gasteiger partial charge < -0.3 is 28.4 Å². The lowest BCUT2D eigenvalue weighted by atomic mass is 9.98. The fourth-order valence-electron chi connectivity index (χ4n) is 2.93. The van der Waals surface area contributed by atoms with Crippen molar-refractivity contribution in [1.29, 1.82) is 0 Å². The van der Waals surface area contributed by atoms with Crippen molar-refractivity contribution in [3.8, 4) is 0 Å². The first-order valence-corrected chi connectivity index (χ1v) is 11.3. The molecule has 1 aliphatic rings. The molecule has 178 valence electrons. The molecule has 0 radical (unpaired) electrons. The average Bonchev–Trinajstić information content (AvgIpc) is 2.66. The Morgan fingerprint density at radius 2 is 1.39 bits per heavy atom. The van der Waals surface area contributed by atoms with Gasteiger partial charge in [0.1, 0.15) is 12.7 Å². The minimum absolute atomic E-state index is 0.274. The largest absolute Gasteiger partial charge is 0.463 e. The highest BCUT2D eigenvalue weighted by atomic mass is 32.2. The van der Waals surface area contributed by atoms with Crippen molar-refractivity contribution in [2.24, 2.45) is 0 Å². The zero-order valence-electron chi connectivity index (χ0n) is 18.6. The molecule has 1 rings (SSSR count). The van der Waals surface area contributed by atoms with E-state index in [0.29, 0.717) is 6.61 Å². The first-order valence-electron chi connectivity index (χ1n) is 10.2. The van der Waals surface area contributed by atoms with Gasteiger partial charge in [0.2, 0.25) is 0 Å². The highest BCUT2D eigenvalue weighted by Gasteiger charge is 2.52. The molecule has 0 aromatic carbocycles. The molecule has 0 bridgehead atoms. The highest BCUT2D eigenvalue weighted by Crippen LogP contribution is 2.30. The number of thioether (sulfide) groups is 1. The minimum Gasteiger partial charge on any atom is -0.463 e. The molecule has 0 aliphatic carbocycles. The van der Waals surface area contributed by atoms with Gasteiger partial charge in [0.05, 0.1) is 6.61 Å². The molecule has 0 amide bonds. The summed E-state index contributed by atoms with van der Waals surface area (Å²) in [6, 6.07) is 0. The van der Waals surface area contributed by atoms with Crippen LogP contribution in [0.1, 0.15) is 47.5 Å². The lowest BCUT2D eigenvalue weighted by molar-refractivity contribution is -0.308. The summed E-state index contributed by atoms with van der Waals surface area (Å²) in [6.07, 6.45) is -3.88. The Hall–Kier alpha value is -1.85. The fraction of sp³-hybridized carbons (Fsp3) is 0.800. The van der Waals surface area contributed by atoms with Crippen LogP contribution in [-0.4, -0.2) is 79.3 Å². The highest BCUT2D eigenvalue weighted by molar-refractivity contribution is 7.99. The van der Waals surface area contributed by atoms with Crippen LogP contribution in [0.15, 0.2) is 0 Å². The molecule has 31 heavy (non-hydrogen) atoms. The maximum Gasteiger partial charge on any atom is 0.303 e. The van der Waals surface area contributed by atoms with Gasteiger partial charge in [0.25, 0.3) is 0 Å². The predicted molar refractivity (Wildman–Crippen MR) is 110 cm³/mol. The van der Waals surface area contributed by atoms with Crippen LogP contribution < -0.4 is 0 Å². The molecular weight excluding hydrogens is 432 g/mol. The molecule has 1 fully saturated rings. The number of hydrogen-bond acceptors (Lipinski definition) is 11. The third kappa shape index (κ3) is 10.3. The lowest BCUT2D eigenvalue weighted by Crippen LogP contribution is -2.63.